The van der Waals surface area contributed by atoms with Gasteiger partial charge in [0.1, 0.15) is 0 Å². The SMILES string of the molecule is C=C(/C=C/C(C)=C/C=C\CC)c1cnc2ccccc2c1-c1ccccc1.CC. The van der Waals surface area contributed by atoms with Gasteiger partial charge in [0.2, 0.25) is 0 Å². The molecule has 0 bridgehead atoms. The smallest absolute Gasteiger partial charge is 0.0708 e. The van der Waals surface area contributed by atoms with Crippen LogP contribution in [0, 0.1) is 0 Å². The van der Waals surface area contributed by atoms with Crippen molar-refractivity contribution < 1.29 is 0 Å². The predicted molar refractivity (Wildman–Crippen MR) is 130 cm³/mol. The molecule has 0 aliphatic rings. The van der Waals surface area contributed by atoms with Crippen LogP contribution in [0.4, 0.5) is 0 Å². The van der Waals surface area contributed by atoms with E-state index in [1.165, 1.54) is 16.7 Å². The lowest BCUT2D eigenvalue weighted by Crippen LogP contribution is -1.92. The third kappa shape index (κ3) is 5.89. The second-order valence-electron chi connectivity index (χ2n) is 6.54. The van der Waals surface area contributed by atoms with E-state index in [0.717, 1.165) is 28.5 Å². The predicted octanol–water partition coefficient (Wildman–Crippen LogP) is 8.41. The highest BCUT2D eigenvalue weighted by atomic mass is 14.7. The zero-order valence-corrected chi connectivity index (χ0v) is 18.0. The van der Waals surface area contributed by atoms with Crippen LogP contribution in [0.5, 0.6) is 0 Å². The Morgan fingerprint density at radius 2 is 1.66 bits per heavy atom. The first-order valence-corrected chi connectivity index (χ1v) is 10.3. The van der Waals surface area contributed by atoms with Crippen LogP contribution in [0.15, 0.2) is 103 Å². The van der Waals surface area contributed by atoms with Gasteiger partial charge in [-0.15, -0.1) is 0 Å². The number of fused-ring (bicyclic) bond motifs is 1. The van der Waals surface area contributed by atoms with Crippen molar-refractivity contribution >= 4 is 16.5 Å². The Kier molecular flexibility index (Phi) is 8.85. The van der Waals surface area contributed by atoms with Crippen LogP contribution in [0.25, 0.3) is 27.6 Å². The maximum atomic E-state index is 4.66. The van der Waals surface area contributed by atoms with E-state index >= 15 is 0 Å². The van der Waals surface area contributed by atoms with Gasteiger partial charge in [-0.25, -0.2) is 0 Å². The summed E-state index contributed by atoms with van der Waals surface area (Å²) in [6, 6.07) is 18.7. The number of hydrogen-bond donors (Lipinski definition) is 0. The molecule has 3 rings (SSSR count). The van der Waals surface area contributed by atoms with Crippen molar-refractivity contribution in [1.82, 2.24) is 4.98 Å². The fourth-order valence-electron chi connectivity index (χ4n) is 3.03. The van der Waals surface area contributed by atoms with E-state index < -0.39 is 0 Å². The summed E-state index contributed by atoms with van der Waals surface area (Å²) in [6.45, 7) is 12.5. The van der Waals surface area contributed by atoms with Crippen LogP contribution in [-0.4, -0.2) is 4.98 Å². The summed E-state index contributed by atoms with van der Waals surface area (Å²) in [5, 5.41) is 1.15. The Balaban J connectivity index is 0.00000145. The molecule has 1 nitrogen and oxygen atoms in total. The molecule has 0 unspecified atom stereocenters. The third-order valence-corrected chi connectivity index (χ3v) is 4.46. The lowest BCUT2D eigenvalue weighted by atomic mass is 9.92. The van der Waals surface area contributed by atoms with Crippen molar-refractivity contribution in [2.75, 3.05) is 0 Å². The molecule has 0 saturated heterocycles. The lowest BCUT2D eigenvalue weighted by Gasteiger charge is -2.13. The average Bonchev–Trinajstić information content (AvgIpc) is 2.78. The van der Waals surface area contributed by atoms with Crippen LogP contribution in [0.2, 0.25) is 0 Å². The molecule has 0 spiro atoms. The molecule has 0 saturated carbocycles. The van der Waals surface area contributed by atoms with Gasteiger partial charge in [0.15, 0.2) is 0 Å². The van der Waals surface area contributed by atoms with Crippen LogP contribution < -0.4 is 0 Å². The highest BCUT2D eigenvalue weighted by Crippen LogP contribution is 2.34. The molecule has 0 fully saturated rings. The third-order valence-electron chi connectivity index (χ3n) is 4.46. The number of hydrogen-bond acceptors (Lipinski definition) is 1. The summed E-state index contributed by atoms with van der Waals surface area (Å²) in [4.78, 5) is 4.66. The molecule has 0 amide bonds. The van der Waals surface area contributed by atoms with Crippen molar-refractivity contribution in [1.29, 1.82) is 0 Å². The van der Waals surface area contributed by atoms with Gasteiger partial charge in [0.05, 0.1) is 5.52 Å². The Labute approximate surface area is 175 Å². The van der Waals surface area contributed by atoms with Crippen molar-refractivity contribution in [3.05, 3.63) is 109 Å². The van der Waals surface area contributed by atoms with Crippen molar-refractivity contribution in [3.8, 4) is 11.1 Å². The zero-order chi connectivity index (χ0) is 21.1. The number of allylic oxidation sites excluding steroid dienone is 7. The summed E-state index contributed by atoms with van der Waals surface area (Å²) < 4.78 is 0. The number of para-hydroxylation sites is 1. The molecular formula is C28H31N. The van der Waals surface area contributed by atoms with E-state index in [9.17, 15) is 0 Å². The molecule has 29 heavy (non-hydrogen) atoms. The Morgan fingerprint density at radius 1 is 0.966 bits per heavy atom. The van der Waals surface area contributed by atoms with Gasteiger partial charge >= 0.3 is 0 Å². The van der Waals surface area contributed by atoms with Gasteiger partial charge in [-0.3, -0.25) is 4.98 Å². The summed E-state index contributed by atoms with van der Waals surface area (Å²) in [6.07, 6.45) is 13.5. The van der Waals surface area contributed by atoms with Crippen molar-refractivity contribution in [3.63, 3.8) is 0 Å². The van der Waals surface area contributed by atoms with Gasteiger partial charge in [0.25, 0.3) is 0 Å². The van der Waals surface area contributed by atoms with Gasteiger partial charge in [-0.05, 0) is 30.5 Å². The number of nitrogens with zero attached hydrogens (tertiary/aromatic N) is 1. The van der Waals surface area contributed by atoms with E-state index in [-0.39, 0.29) is 0 Å². The zero-order valence-electron chi connectivity index (χ0n) is 18.0. The maximum Gasteiger partial charge on any atom is 0.0708 e. The minimum atomic E-state index is 0.958. The second kappa shape index (κ2) is 11.6. The van der Waals surface area contributed by atoms with Crippen LogP contribution in [-0.2, 0) is 0 Å². The van der Waals surface area contributed by atoms with Crippen molar-refractivity contribution in [2.45, 2.75) is 34.1 Å². The summed E-state index contributed by atoms with van der Waals surface area (Å²) in [5.41, 5.74) is 6.57. The monoisotopic (exact) mass is 381 g/mol. The van der Waals surface area contributed by atoms with E-state index in [2.05, 4.69) is 98.3 Å². The van der Waals surface area contributed by atoms with Gasteiger partial charge < -0.3 is 0 Å². The number of pyridine rings is 1. The standard InChI is InChI=1S/C26H25N.C2H6/c1-4-5-7-12-20(2)17-18-21(3)24-19-27-25-16-11-10-15-23(25)26(24)22-13-8-6-9-14-22;1-2/h5-19H,3-4H2,1-2H3;1-2H3/b7-5-,18-17+,20-12+;. The summed E-state index contributed by atoms with van der Waals surface area (Å²) in [5.74, 6) is 0. The fourth-order valence-corrected chi connectivity index (χ4v) is 3.03. The molecule has 148 valence electrons. The molecule has 0 radical (unpaired) electrons. The molecule has 2 aromatic carbocycles. The normalized spacial score (nSPS) is 11.7. The quantitative estimate of drug-likeness (QED) is 0.390. The molecule has 0 N–H and O–H groups in total. The molecule has 0 aliphatic carbocycles. The number of rotatable bonds is 6. The number of aromatic nitrogens is 1. The van der Waals surface area contributed by atoms with Gasteiger partial charge in [-0.2, -0.15) is 0 Å². The fraction of sp³-hybridized carbons (Fsp3) is 0.179. The largest absolute Gasteiger partial charge is 0.256 e. The van der Waals surface area contributed by atoms with Gasteiger partial charge in [-0.1, -0.05) is 112 Å². The molecule has 0 aliphatic heterocycles. The summed E-state index contributed by atoms with van der Waals surface area (Å²) in [7, 11) is 0. The number of benzene rings is 2. The van der Waals surface area contributed by atoms with Crippen molar-refractivity contribution in [2.24, 2.45) is 0 Å². The van der Waals surface area contributed by atoms with E-state index in [0.29, 0.717) is 0 Å². The summed E-state index contributed by atoms with van der Waals surface area (Å²) >= 11 is 0. The van der Waals surface area contributed by atoms with Crippen LogP contribution >= 0.6 is 0 Å². The Morgan fingerprint density at radius 3 is 2.38 bits per heavy atom. The Bertz CT molecular complexity index is 1020. The van der Waals surface area contributed by atoms with Crippen LogP contribution in [0.3, 0.4) is 0 Å². The molecule has 1 heteroatoms. The van der Waals surface area contributed by atoms with Crippen LogP contribution in [0.1, 0.15) is 39.7 Å². The first-order valence-electron chi connectivity index (χ1n) is 10.3. The van der Waals surface area contributed by atoms with E-state index in [4.69, 9.17) is 0 Å². The van der Waals surface area contributed by atoms with E-state index in [1.807, 2.05) is 32.2 Å². The lowest BCUT2D eigenvalue weighted by molar-refractivity contribution is 1.22. The molecule has 1 aromatic heterocycles. The highest BCUT2D eigenvalue weighted by Gasteiger charge is 2.12. The highest BCUT2D eigenvalue weighted by molar-refractivity contribution is 6.01. The maximum absolute atomic E-state index is 4.66. The molecule has 3 aromatic rings. The first kappa shape index (κ1) is 22.1. The molecule has 1 heterocycles. The Hall–Kier alpha value is -3.19. The second-order valence-corrected chi connectivity index (χ2v) is 6.54. The van der Waals surface area contributed by atoms with Gasteiger partial charge in [0, 0.05) is 22.7 Å². The average molecular weight is 382 g/mol. The topological polar surface area (TPSA) is 12.9 Å². The first-order chi connectivity index (χ1) is 14.2. The molecule has 0 atom stereocenters. The van der Waals surface area contributed by atoms with E-state index in [1.54, 1.807) is 0 Å². The minimum absolute atomic E-state index is 0.958. The molecular weight excluding hydrogens is 350 g/mol. The minimum Gasteiger partial charge on any atom is -0.256 e.